The summed E-state index contributed by atoms with van der Waals surface area (Å²) in [6.45, 7) is 5.69. The van der Waals surface area contributed by atoms with E-state index in [1.807, 2.05) is 37.3 Å². The van der Waals surface area contributed by atoms with Crippen LogP contribution in [-0.4, -0.2) is 21.4 Å². The second-order valence-corrected chi connectivity index (χ2v) is 4.91. The minimum absolute atomic E-state index is 0.00514. The molecule has 0 fully saturated rings. The number of rotatable bonds is 5. The van der Waals surface area contributed by atoms with Gasteiger partial charge in [-0.1, -0.05) is 36.4 Å². The van der Waals surface area contributed by atoms with E-state index in [1.54, 1.807) is 12.1 Å². The minimum atomic E-state index is -0.513. The predicted molar refractivity (Wildman–Crippen MR) is 82.5 cm³/mol. The van der Waals surface area contributed by atoms with Gasteiger partial charge in [0.2, 0.25) is 5.75 Å². The lowest BCUT2D eigenvalue weighted by Crippen LogP contribution is -2.29. The summed E-state index contributed by atoms with van der Waals surface area (Å²) in [5, 5.41) is 32.6. The van der Waals surface area contributed by atoms with Crippen molar-refractivity contribution in [1.29, 1.82) is 0 Å². The number of phenols is 3. The fourth-order valence-electron chi connectivity index (χ4n) is 2.16. The Morgan fingerprint density at radius 3 is 2.29 bits per heavy atom. The molecule has 4 heteroatoms. The number of hydrogen-bond acceptors (Lipinski definition) is 4. The highest BCUT2D eigenvalue weighted by Gasteiger charge is 2.21. The molecule has 4 N–H and O–H groups in total. The summed E-state index contributed by atoms with van der Waals surface area (Å²) in [4.78, 5) is 0. The summed E-state index contributed by atoms with van der Waals surface area (Å²) in [7, 11) is 0. The third-order valence-electron chi connectivity index (χ3n) is 3.39. The van der Waals surface area contributed by atoms with Crippen LogP contribution < -0.4 is 5.32 Å². The van der Waals surface area contributed by atoms with Crippen molar-refractivity contribution in [3.63, 3.8) is 0 Å². The van der Waals surface area contributed by atoms with Crippen LogP contribution in [0.3, 0.4) is 0 Å². The Balaban J connectivity index is 2.50. The number of phenolic OH excluding ortho intramolecular Hbond substituents is 3. The Kier molecular flexibility index (Phi) is 4.50. The average molecular weight is 285 g/mol. The van der Waals surface area contributed by atoms with E-state index in [-0.39, 0.29) is 23.6 Å². The monoisotopic (exact) mass is 285 g/mol. The van der Waals surface area contributed by atoms with Crippen molar-refractivity contribution in [3.8, 4) is 17.2 Å². The Morgan fingerprint density at radius 1 is 1.00 bits per heavy atom. The molecule has 2 aromatic rings. The number of nitrogens with one attached hydrogen (secondary N) is 1. The number of benzene rings is 2. The van der Waals surface area contributed by atoms with Gasteiger partial charge in [-0.2, -0.15) is 0 Å². The Hall–Kier alpha value is -2.46. The molecule has 2 aromatic carbocycles. The number of hydrogen-bond donors (Lipinski definition) is 4. The molecule has 0 aliphatic carbocycles. The van der Waals surface area contributed by atoms with Crippen LogP contribution in [0.25, 0.3) is 0 Å². The minimum Gasteiger partial charge on any atom is -0.504 e. The molecule has 0 saturated carbocycles. The summed E-state index contributed by atoms with van der Waals surface area (Å²) in [6, 6.07) is 12.2. The molecule has 0 radical (unpaired) electrons. The highest BCUT2D eigenvalue weighted by Crippen LogP contribution is 2.41. The van der Waals surface area contributed by atoms with Gasteiger partial charge in [0.1, 0.15) is 0 Å². The predicted octanol–water partition coefficient (Wildman–Crippen LogP) is 3.06. The lowest BCUT2D eigenvalue weighted by molar-refractivity contribution is 0.361. The molecule has 4 nitrogen and oxygen atoms in total. The van der Waals surface area contributed by atoms with Crippen LogP contribution in [0.15, 0.2) is 55.1 Å². The van der Waals surface area contributed by atoms with Crippen LogP contribution in [0.5, 0.6) is 17.2 Å². The van der Waals surface area contributed by atoms with Gasteiger partial charge < -0.3 is 20.6 Å². The first kappa shape index (κ1) is 14.9. The molecule has 0 bridgehead atoms. The van der Waals surface area contributed by atoms with Gasteiger partial charge in [0, 0.05) is 11.6 Å². The van der Waals surface area contributed by atoms with Crippen LogP contribution in [0.4, 0.5) is 0 Å². The highest BCUT2D eigenvalue weighted by atomic mass is 16.3. The van der Waals surface area contributed by atoms with Gasteiger partial charge in [0.05, 0.1) is 6.04 Å². The standard InChI is InChI=1S/C17H19NO3/c1-3-11(2)18-15(12-7-5-4-6-8-12)13-9-10-14(19)17(21)16(13)20/h3-11,15,18-21H,1H2,2H3. The molecule has 0 spiro atoms. The van der Waals surface area contributed by atoms with Gasteiger partial charge >= 0.3 is 0 Å². The summed E-state index contributed by atoms with van der Waals surface area (Å²) >= 11 is 0. The Bertz CT molecular complexity index is 625. The van der Waals surface area contributed by atoms with Crippen LogP contribution in [0, 0.1) is 0 Å². The second-order valence-electron chi connectivity index (χ2n) is 4.91. The number of aromatic hydroxyl groups is 3. The van der Waals surface area contributed by atoms with Gasteiger partial charge in [-0.15, -0.1) is 6.58 Å². The molecule has 2 unspecified atom stereocenters. The SMILES string of the molecule is C=CC(C)NC(c1ccccc1)c1ccc(O)c(O)c1O. The molecule has 0 aliphatic heterocycles. The zero-order valence-electron chi connectivity index (χ0n) is 11.8. The van der Waals surface area contributed by atoms with Gasteiger partial charge in [0.15, 0.2) is 11.5 Å². The quantitative estimate of drug-likeness (QED) is 0.503. The first-order chi connectivity index (χ1) is 10.0. The summed E-state index contributed by atoms with van der Waals surface area (Å²) in [5.41, 5.74) is 1.43. The molecular formula is C17H19NO3. The van der Waals surface area contributed by atoms with E-state index in [1.165, 1.54) is 6.07 Å². The summed E-state index contributed by atoms with van der Waals surface area (Å²) < 4.78 is 0. The van der Waals surface area contributed by atoms with Crippen molar-refractivity contribution < 1.29 is 15.3 Å². The van der Waals surface area contributed by atoms with E-state index in [9.17, 15) is 15.3 Å². The van der Waals surface area contributed by atoms with E-state index in [4.69, 9.17) is 0 Å². The van der Waals surface area contributed by atoms with Crippen LogP contribution >= 0.6 is 0 Å². The summed E-state index contributed by atoms with van der Waals surface area (Å²) in [6.07, 6.45) is 1.76. The van der Waals surface area contributed by atoms with E-state index in [2.05, 4.69) is 11.9 Å². The van der Waals surface area contributed by atoms with Crippen molar-refractivity contribution in [1.82, 2.24) is 5.32 Å². The maximum Gasteiger partial charge on any atom is 0.200 e. The first-order valence-corrected chi connectivity index (χ1v) is 6.72. The molecular weight excluding hydrogens is 266 g/mol. The van der Waals surface area contributed by atoms with Crippen LogP contribution in [0.1, 0.15) is 24.1 Å². The lowest BCUT2D eigenvalue weighted by atomic mass is 9.96. The zero-order valence-corrected chi connectivity index (χ0v) is 11.8. The molecule has 0 heterocycles. The van der Waals surface area contributed by atoms with Crippen molar-refractivity contribution in [3.05, 3.63) is 66.2 Å². The van der Waals surface area contributed by atoms with Crippen LogP contribution in [0.2, 0.25) is 0 Å². The largest absolute Gasteiger partial charge is 0.504 e. The molecule has 0 aromatic heterocycles. The molecule has 2 atom stereocenters. The maximum atomic E-state index is 10.1. The van der Waals surface area contributed by atoms with Gasteiger partial charge in [0.25, 0.3) is 0 Å². The third-order valence-corrected chi connectivity index (χ3v) is 3.39. The second kappa shape index (κ2) is 6.33. The van der Waals surface area contributed by atoms with Gasteiger partial charge in [-0.05, 0) is 24.6 Å². The first-order valence-electron chi connectivity index (χ1n) is 6.72. The van der Waals surface area contributed by atoms with Gasteiger partial charge in [-0.25, -0.2) is 0 Å². The van der Waals surface area contributed by atoms with E-state index in [0.29, 0.717) is 5.56 Å². The fraction of sp³-hybridized carbons (Fsp3) is 0.176. The average Bonchev–Trinajstić information content (AvgIpc) is 2.51. The molecule has 0 aliphatic rings. The lowest BCUT2D eigenvalue weighted by Gasteiger charge is -2.24. The van der Waals surface area contributed by atoms with Crippen molar-refractivity contribution in [2.75, 3.05) is 0 Å². The van der Waals surface area contributed by atoms with Gasteiger partial charge in [-0.3, -0.25) is 0 Å². The fourth-order valence-corrected chi connectivity index (χ4v) is 2.16. The van der Waals surface area contributed by atoms with Crippen LogP contribution in [-0.2, 0) is 0 Å². The Morgan fingerprint density at radius 2 is 1.67 bits per heavy atom. The zero-order chi connectivity index (χ0) is 15.4. The van der Waals surface area contributed by atoms with E-state index >= 15 is 0 Å². The van der Waals surface area contributed by atoms with Crippen molar-refractivity contribution in [2.45, 2.75) is 19.0 Å². The molecule has 0 saturated heterocycles. The smallest absolute Gasteiger partial charge is 0.200 e. The normalized spacial score (nSPS) is 13.6. The molecule has 0 amide bonds. The molecule has 21 heavy (non-hydrogen) atoms. The summed E-state index contributed by atoms with van der Waals surface area (Å²) in [5.74, 6) is -1.19. The van der Waals surface area contributed by atoms with E-state index < -0.39 is 5.75 Å². The highest BCUT2D eigenvalue weighted by molar-refractivity contribution is 5.55. The maximum absolute atomic E-state index is 10.1. The van der Waals surface area contributed by atoms with Crippen molar-refractivity contribution in [2.24, 2.45) is 0 Å². The Labute approximate surface area is 124 Å². The topological polar surface area (TPSA) is 72.7 Å². The molecule has 110 valence electrons. The molecule has 2 rings (SSSR count). The third kappa shape index (κ3) is 3.17. The van der Waals surface area contributed by atoms with Crippen molar-refractivity contribution >= 4 is 0 Å². The van der Waals surface area contributed by atoms with E-state index in [0.717, 1.165) is 5.56 Å².